The number of aromatic nitrogens is 2. The first kappa shape index (κ1) is 14.5. The third-order valence-corrected chi connectivity index (χ3v) is 3.77. The number of likely N-dealkylation sites (tertiary alicyclic amines) is 1. The van der Waals surface area contributed by atoms with Crippen LogP contribution in [-0.2, 0) is 11.2 Å². The van der Waals surface area contributed by atoms with Crippen molar-refractivity contribution in [2.45, 2.75) is 25.9 Å². The van der Waals surface area contributed by atoms with E-state index in [0.717, 1.165) is 18.5 Å². The van der Waals surface area contributed by atoms with Gasteiger partial charge in [0.2, 0.25) is 11.8 Å². The predicted molar refractivity (Wildman–Crippen MR) is 82.5 cm³/mol. The van der Waals surface area contributed by atoms with Crippen molar-refractivity contribution in [2.24, 2.45) is 0 Å². The standard InChI is InChI=1S/C17H19N3O2/c1-13-4-2-5-14(10-13)11-17(21)20-9-7-15(12-20)22-16-6-3-8-18-19-16/h2-6,8,10,15H,7,9,11-12H2,1H3. The maximum Gasteiger partial charge on any atom is 0.233 e. The van der Waals surface area contributed by atoms with Crippen LogP contribution in [0.3, 0.4) is 0 Å². The Balaban J connectivity index is 1.55. The minimum Gasteiger partial charge on any atom is -0.471 e. The van der Waals surface area contributed by atoms with Gasteiger partial charge in [-0.15, -0.1) is 5.10 Å². The molecule has 1 amide bonds. The van der Waals surface area contributed by atoms with E-state index in [1.165, 1.54) is 5.56 Å². The molecule has 1 fully saturated rings. The van der Waals surface area contributed by atoms with Crippen molar-refractivity contribution in [1.29, 1.82) is 0 Å². The van der Waals surface area contributed by atoms with Crippen LogP contribution in [0.15, 0.2) is 42.6 Å². The number of hydrogen-bond acceptors (Lipinski definition) is 4. The van der Waals surface area contributed by atoms with Crippen molar-refractivity contribution in [2.75, 3.05) is 13.1 Å². The lowest BCUT2D eigenvalue weighted by Gasteiger charge is -2.17. The number of ether oxygens (including phenoxy) is 1. The molecule has 0 radical (unpaired) electrons. The van der Waals surface area contributed by atoms with Gasteiger partial charge in [-0.25, -0.2) is 0 Å². The van der Waals surface area contributed by atoms with E-state index < -0.39 is 0 Å². The molecule has 0 bridgehead atoms. The van der Waals surface area contributed by atoms with Crippen LogP contribution in [-0.4, -0.2) is 40.2 Å². The summed E-state index contributed by atoms with van der Waals surface area (Å²) in [5.74, 6) is 0.663. The molecule has 1 atom stereocenters. The van der Waals surface area contributed by atoms with Gasteiger partial charge in [-0.3, -0.25) is 4.79 Å². The zero-order valence-corrected chi connectivity index (χ0v) is 12.6. The molecule has 1 saturated heterocycles. The molecule has 0 N–H and O–H groups in total. The van der Waals surface area contributed by atoms with Crippen molar-refractivity contribution in [3.05, 3.63) is 53.7 Å². The van der Waals surface area contributed by atoms with E-state index in [-0.39, 0.29) is 12.0 Å². The van der Waals surface area contributed by atoms with Crippen LogP contribution in [0.4, 0.5) is 0 Å². The summed E-state index contributed by atoms with van der Waals surface area (Å²) in [6, 6.07) is 11.6. The fourth-order valence-electron chi connectivity index (χ4n) is 2.68. The Morgan fingerprint density at radius 2 is 2.27 bits per heavy atom. The summed E-state index contributed by atoms with van der Waals surface area (Å²) >= 11 is 0. The molecular formula is C17H19N3O2. The monoisotopic (exact) mass is 297 g/mol. The molecule has 0 spiro atoms. The molecule has 1 unspecified atom stereocenters. The number of aryl methyl sites for hydroxylation is 1. The first-order valence-corrected chi connectivity index (χ1v) is 7.48. The number of nitrogens with zero attached hydrogens (tertiary/aromatic N) is 3. The molecule has 0 aliphatic carbocycles. The average Bonchev–Trinajstić information content (AvgIpc) is 2.97. The van der Waals surface area contributed by atoms with E-state index in [1.54, 1.807) is 18.3 Å². The van der Waals surface area contributed by atoms with Crippen molar-refractivity contribution >= 4 is 5.91 Å². The van der Waals surface area contributed by atoms with Gasteiger partial charge in [0.25, 0.3) is 0 Å². The summed E-state index contributed by atoms with van der Waals surface area (Å²) in [6.07, 6.45) is 2.88. The van der Waals surface area contributed by atoms with Gasteiger partial charge >= 0.3 is 0 Å². The lowest BCUT2D eigenvalue weighted by molar-refractivity contribution is -0.129. The summed E-state index contributed by atoms with van der Waals surface area (Å²) in [5.41, 5.74) is 2.24. The highest BCUT2D eigenvalue weighted by Gasteiger charge is 2.27. The summed E-state index contributed by atoms with van der Waals surface area (Å²) in [7, 11) is 0. The fraction of sp³-hybridized carbons (Fsp3) is 0.353. The van der Waals surface area contributed by atoms with Crippen molar-refractivity contribution in [3.63, 3.8) is 0 Å². The van der Waals surface area contributed by atoms with Crippen molar-refractivity contribution in [1.82, 2.24) is 15.1 Å². The van der Waals surface area contributed by atoms with Crippen molar-refractivity contribution < 1.29 is 9.53 Å². The molecule has 0 saturated carbocycles. The Morgan fingerprint density at radius 3 is 3.05 bits per heavy atom. The summed E-state index contributed by atoms with van der Waals surface area (Å²) in [5, 5.41) is 7.70. The third-order valence-electron chi connectivity index (χ3n) is 3.77. The fourth-order valence-corrected chi connectivity index (χ4v) is 2.68. The second-order valence-corrected chi connectivity index (χ2v) is 5.60. The predicted octanol–water partition coefficient (Wildman–Crippen LogP) is 2.01. The number of benzene rings is 1. The van der Waals surface area contributed by atoms with Crippen LogP contribution < -0.4 is 4.74 Å². The normalized spacial score (nSPS) is 17.5. The zero-order valence-electron chi connectivity index (χ0n) is 12.6. The lowest BCUT2D eigenvalue weighted by atomic mass is 10.1. The third kappa shape index (κ3) is 3.61. The molecule has 1 aromatic heterocycles. The van der Waals surface area contributed by atoms with E-state index in [0.29, 0.717) is 18.8 Å². The highest BCUT2D eigenvalue weighted by molar-refractivity contribution is 5.79. The molecule has 1 aliphatic rings. The zero-order chi connectivity index (χ0) is 15.4. The smallest absolute Gasteiger partial charge is 0.233 e. The van der Waals surface area contributed by atoms with Gasteiger partial charge in [-0.05, 0) is 18.6 Å². The molecule has 1 aliphatic heterocycles. The Labute approximate surface area is 129 Å². The molecule has 1 aromatic carbocycles. The molecule has 5 nitrogen and oxygen atoms in total. The van der Waals surface area contributed by atoms with Gasteiger partial charge in [0, 0.05) is 25.2 Å². The second kappa shape index (κ2) is 6.56. The Hall–Kier alpha value is -2.43. The van der Waals surface area contributed by atoms with Gasteiger partial charge in [-0.1, -0.05) is 29.8 Å². The summed E-state index contributed by atoms with van der Waals surface area (Å²) < 4.78 is 5.76. The Kier molecular flexibility index (Phi) is 4.32. The Morgan fingerprint density at radius 1 is 1.36 bits per heavy atom. The van der Waals surface area contributed by atoms with Gasteiger partial charge in [-0.2, -0.15) is 5.10 Å². The molecule has 2 aromatic rings. The van der Waals surface area contributed by atoms with Gasteiger partial charge < -0.3 is 9.64 Å². The molecular weight excluding hydrogens is 278 g/mol. The minimum atomic E-state index is -0.00170. The van der Waals surface area contributed by atoms with Crippen LogP contribution in [0.5, 0.6) is 5.88 Å². The van der Waals surface area contributed by atoms with Crippen LogP contribution in [0, 0.1) is 6.92 Å². The summed E-state index contributed by atoms with van der Waals surface area (Å²) in [4.78, 5) is 14.2. The summed E-state index contributed by atoms with van der Waals surface area (Å²) in [6.45, 7) is 3.38. The van der Waals surface area contributed by atoms with Crippen LogP contribution in [0.2, 0.25) is 0 Å². The van der Waals surface area contributed by atoms with Crippen LogP contribution in [0.1, 0.15) is 17.5 Å². The van der Waals surface area contributed by atoms with E-state index >= 15 is 0 Å². The maximum absolute atomic E-state index is 12.4. The maximum atomic E-state index is 12.4. The first-order valence-electron chi connectivity index (χ1n) is 7.48. The molecule has 5 heteroatoms. The number of rotatable bonds is 4. The van der Waals surface area contributed by atoms with Crippen molar-refractivity contribution in [3.8, 4) is 5.88 Å². The highest BCUT2D eigenvalue weighted by Crippen LogP contribution is 2.17. The van der Waals surface area contributed by atoms with Gasteiger partial charge in [0.1, 0.15) is 6.10 Å². The molecule has 3 rings (SSSR count). The highest BCUT2D eigenvalue weighted by atomic mass is 16.5. The topological polar surface area (TPSA) is 55.3 Å². The van der Waals surface area contributed by atoms with E-state index in [1.807, 2.05) is 30.0 Å². The van der Waals surface area contributed by atoms with Crippen LogP contribution >= 0.6 is 0 Å². The number of carbonyl (C=O) groups is 1. The van der Waals surface area contributed by atoms with E-state index in [2.05, 4.69) is 16.3 Å². The number of hydrogen-bond donors (Lipinski definition) is 0. The lowest BCUT2D eigenvalue weighted by Crippen LogP contribution is -2.32. The SMILES string of the molecule is Cc1cccc(CC(=O)N2CCC(Oc3cccnn3)C2)c1. The number of amides is 1. The van der Waals surface area contributed by atoms with E-state index in [4.69, 9.17) is 4.74 Å². The largest absolute Gasteiger partial charge is 0.471 e. The molecule has 2 heterocycles. The van der Waals surface area contributed by atoms with Crippen LogP contribution in [0.25, 0.3) is 0 Å². The number of carbonyl (C=O) groups excluding carboxylic acids is 1. The van der Waals surface area contributed by atoms with Gasteiger partial charge in [0.05, 0.1) is 13.0 Å². The molecule has 22 heavy (non-hydrogen) atoms. The first-order chi connectivity index (χ1) is 10.7. The quantitative estimate of drug-likeness (QED) is 0.866. The Bertz CT molecular complexity index is 645. The second-order valence-electron chi connectivity index (χ2n) is 5.60. The van der Waals surface area contributed by atoms with Gasteiger partial charge in [0.15, 0.2) is 0 Å². The average molecular weight is 297 g/mol. The minimum absolute atomic E-state index is 0.00170. The van der Waals surface area contributed by atoms with E-state index in [9.17, 15) is 4.79 Å². The molecule has 114 valence electrons.